The molecule has 0 saturated heterocycles. The van der Waals surface area contributed by atoms with Gasteiger partial charge in [-0.05, 0) is 73.4 Å². The van der Waals surface area contributed by atoms with Crippen LogP contribution < -0.4 is 15.4 Å². The van der Waals surface area contributed by atoms with E-state index in [0.717, 1.165) is 28.8 Å². The Morgan fingerprint density at radius 2 is 1.67 bits per heavy atom. The van der Waals surface area contributed by atoms with Crippen molar-refractivity contribution in [1.82, 2.24) is 14.8 Å². The Labute approximate surface area is 242 Å². The van der Waals surface area contributed by atoms with E-state index in [2.05, 4.69) is 20.7 Å². The van der Waals surface area contributed by atoms with Gasteiger partial charge in [-0.25, -0.2) is 13.2 Å². The van der Waals surface area contributed by atoms with Gasteiger partial charge in [-0.15, -0.1) is 0 Å². The molecule has 0 radical (unpaired) electrons. The molecule has 2 heterocycles. The standard InChI is InChI=1S/C31H23F4N5O3/c1-16-11-21-23(12-20(16)17-14-37-40(2)15-17)36-10-7-25(21)43-28-22(33)13-24(26(34)27(28)35)39-30(42)31(8-9-31)29(41)38-19-5-3-18(32)4-6-19/h3-7,10-15H,8-9H2,1-2H3,(H,38,41)(H,39,42). The number of carbonyl (C=O) groups excluding carboxylic acids is 2. The largest absolute Gasteiger partial charge is 0.450 e. The van der Waals surface area contributed by atoms with E-state index in [9.17, 15) is 14.0 Å². The molecule has 6 rings (SSSR count). The number of benzene rings is 3. The summed E-state index contributed by atoms with van der Waals surface area (Å²) < 4.78 is 65.9. The summed E-state index contributed by atoms with van der Waals surface area (Å²) in [7, 11) is 1.79. The molecule has 1 aliphatic rings. The first-order valence-corrected chi connectivity index (χ1v) is 13.2. The van der Waals surface area contributed by atoms with E-state index in [0.29, 0.717) is 17.0 Å². The zero-order chi connectivity index (χ0) is 30.5. The first-order valence-electron chi connectivity index (χ1n) is 13.2. The number of halogens is 4. The van der Waals surface area contributed by atoms with Crippen molar-refractivity contribution in [3.63, 3.8) is 0 Å². The lowest BCUT2D eigenvalue weighted by molar-refractivity contribution is -0.131. The van der Waals surface area contributed by atoms with Gasteiger partial charge < -0.3 is 15.4 Å². The summed E-state index contributed by atoms with van der Waals surface area (Å²) in [6, 6.07) is 10.4. The molecular formula is C31H23F4N5O3. The van der Waals surface area contributed by atoms with E-state index in [4.69, 9.17) is 4.74 Å². The quantitative estimate of drug-likeness (QED) is 0.126. The molecule has 8 nitrogen and oxygen atoms in total. The summed E-state index contributed by atoms with van der Waals surface area (Å²) in [5, 5.41) is 9.26. The maximum Gasteiger partial charge on any atom is 0.240 e. The fraction of sp³-hybridized carbons (Fsp3) is 0.161. The SMILES string of the molecule is Cc1cc2c(Oc3c(F)cc(NC(=O)C4(C(=O)Nc5ccc(F)cc5)CC4)c(F)c3F)ccnc2cc1-c1cnn(C)c1. The third kappa shape index (κ3) is 5.16. The summed E-state index contributed by atoms with van der Waals surface area (Å²) in [6.45, 7) is 1.85. The Bertz CT molecular complexity index is 1920. The Morgan fingerprint density at radius 3 is 2.35 bits per heavy atom. The molecule has 0 unspecified atom stereocenters. The maximum atomic E-state index is 15.2. The van der Waals surface area contributed by atoms with E-state index in [1.807, 2.05) is 13.1 Å². The molecule has 0 aliphatic heterocycles. The summed E-state index contributed by atoms with van der Waals surface area (Å²) in [5.74, 6) is -7.61. The fourth-order valence-corrected chi connectivity index (χ4v) is 4.82. The predicted octanol–water partition coefficient (Wildman–Crippen LogP) is 6.65. The minimum atomic E-state index is -1.66. The first-order chi connectivity index (χ1) is 20.6. The lowest BCUT2D eigenvalue weighted by Crippen LogP contribution is -2.36. The van der Waals surface area contributed by atoms with Crippen molar-refractivity contribution in [3.8, 4) is 22.6 Å². The predicted molar refractivity (Wildman–Crippen MR) is 150 cm³/mol. The molecule has 3 aromatic carbocycles. The van der Waals surface area contributed by atoms with Gasteiger partial charge in [0.2, 0.25) is 23.4 Å². The maximum absolute atomic E-state index is 15.2. The Balaban J connectivity index is 1.24. The normalized spacial score (nSPS) is 13.5. The van der Waals surface area contributed by atoms with Crippen molar-refractivity contribution in [2.75, 3.05) is 10.6 Å². The number of ether oxygens (including phenoxy) is 1. The van der Waals surface area contributed by atoms with Crippen LogP contribution in [0, 0.1) is 35.6 Å². The highest BCUT2D eigenvalue weighted by molar-refractivity contribution is 6.17. The zero-order valence-corrected chi connectivity index (χ0v) is 22.8. The van der Waals surface area contributed by atoms with Crippen LogP contribution in [0.2, 0.25) is 0 Å². The van der Waals surface area contributed by atoms with Crippen molar-refractivity contribution in [1.29, 1.82) is 0 Å². The third-order valence-electron chi connectivity index (χ3n) is 7.36. The minimum Gasteiger partial charge on any atom is -0.450 e. The van der Waals surface area contributed by atoms with E-state index in [-0.39, 0.29) is 24.3 Å². The van der Waals surface area contributed by atoms with Crippen molar-refractivity contribution < 1.29 is 31.9 Å². The number of amides is 2. The monoisotopic (exact) mass is 589 g/mol. The van der Waals surface area contributed by atoms with Crippen molar-refractivity contribution in [3.05, 3.63) is 96.0 Å². The topological polar surface area (TPSA) is 98.1 Å². The molecule has 2 N–H and O–H groups in total. The van der Waals surface area contributed by atoms with E-state index < -0.39 is 51.9 Å². The smallest absolute Gasteiger partial charge is 0.240 e. The summed E-state index contributed by atoms with van der Waals surface area (Å²) in [4.78, 5) is 30.1. The lowest BCUT2D eigenvalue weighted by Gasteiger charge is -2.17. The molecule has 1 fully saturated rings. The van der Waals surface area contributed by atoms with Crippen LogP contribution in [0.1, 0.15) is 18.4 Å². The van der Waals surface area contributed by atoms with Crippen LogP contribution in [0.15, 0.2) is 67.1 Å². The molecule has 218 valence electrons. The average molecular weight is 590 g/mol. The van der Waals surface area contributed by atoms with Gasteiger partial charge in [-0.1, -0.05) is 0 Å². The summed E-state index contributed by atoms with van der Waals surface area (Å²) >= 11 is 0. The van der Waals surface area contributed by atoms with E-state index in [1.54, 1.807) is 30.1 Å². The first kappa shape index (κ1) is 27.9. The molecule has 2 aromatic heterocycles. The Hall–Kier alpha value is -5.26. The van der Waals surface area contributed by atoms with Crippen LogP contribution in [-0.4, -0.2) is 26.6 Å². The fourth-order valence-electron chi connectivity index (χ4n) is 4.82. The Kier molecular flexibility index (Phi) is 6.83. The van der Waals surface area contributed by atoms with Crippen LogP contribution in [-0.2, 0) is 16.6 Å². The second kappa shape index (κ2) is 10.5. The van der Waals surface area contributed by atoms with Crippen LogP contribution in [0.5, 0.6) is 11.5 Å². The molecule has 1 saturated carbocycles. The number of pyridine rings is 1. The van der Waals surface area contributed by atoms with Gasteiger partial charge >= 0.3 is 0 Å². The molecule has 0 atom stereocenters. The van der Waals surface area contributed by atoms with Crippen LogP contribution in [0.3, 0.4) is 0 Å². The molecule has 0 spiro atoms. The molecule has 2 amide bonds. The summed E-state index contributed by atoms with van der Waals surface area (Å²) in [6.07, 6.45) is 5.21. The van der Waals surface area contributed by atoms with Crippen LogP contribution >= 0.6 is 0 Å². The van der Waals surface area contributed by atoms with Crippen molar-refractivity contribution in [2.45, 2.75) is 19.8 Å². The number of fused-ring (bicyclic) bond motifs is 1. The molecule has 0 bridgehead atoms. The van der Waals surface area contributed by atoms with Gasteiger partial charge in [-0.3, -0.25) is 19.3 Å². The van der Waals surface area contributed by atoms with Crippen LogP contribution in [0.25, 0.3) is 22.0 Å². The van der Waals surface area contributed by atoms with Gasteiger partial charge in [-0.2, -0.15) is 9.49 Å². The molecule has 1 aliphatic carbocycles. The third-order valence-corrected chi connectivity index (χ3v) is 7.36. The molecule has 5 aromatic rings. The number of aryl methyl sites for hydroxylation is 2. The highest BCUT2D eigenvalue weighted by Gasteiger charge is 2.56. The number of carbonyl (C=O) groups is 2. The number of hydrogen-bond acceptors (Lipinski definition) is 5. The number of rotatable bonds is 7. The number of nitrogens with zero attached hydrogens (tertiary/aromatic N) is 3. The number of aromatic nitrogens is 3. The summed E-state index contributed by atoms with van der Waals surface area (Å²) in [5.41, 5.74) is 0.904. The molecular weight excluding hydrogens is 566 g/mol. The van der Waals surface area contributed by atoms with Crippen molar-refractivity contribution in [2.24, 2.45) is 12.5 Å². The van der Waals surface area contributed by atoms with Crippen molar-refractivity contribution >= 4 is 34.1 Å². The second-order valence-corrected chi connectivity index (χ2v) is 10.4. The van der Waals surface area contributed by atoms with E-state index >= 15 is 13.2 Å². The number of hydrogen-bond donors (Lipinski definition) is 2. The minimum absolute atomic E-state index is 0.0363. The van der Waals surface area contributed by atoms with E-state index in [1.165, 1.54) is 24.4 Å². The molecule has 12 heteroatoms. The second-order valence-electron chi connectivity index (χ2n) is 10.4. The molecule has 43 heavy (non-hydrogen) atoms. The van der Waals surface area contributed by atoms with Crippen LogP contribution in [0.4, 0.5) is 28.9 Å². The zero-order valence-electron chi connectivity index (χ0n) is 22.8. The van der Waals surface area contributed by atoms with Gasteiger partial charge in [0.1, 0.15) is 17.0 Å². The lowest BCUT2D eigenvalue weighted by atomic mass is 10.0. The highest BCUT2D eigenvalue weighted by Crippen LogP contribution is 2.48. The number of anilines is 2. The average Bonchev–Trinajstić information content (AvgIpc) is 3.69. The van der Waals surface area contributed by atoms with Gasteiger partial charge in [0, 0.05) is 42.1 Å². The van der Waals surface area contributed by atoms with Gasteiger partial charge in [0.15, 0.2) is 11.6 Å². The number of nitrogens with one attached hydrogen (secondary N) is 2. The van der Waals surface area contributed by atoms with Gasteiger partial charge in [0.25, 0.3) is 0 Å². The van der Waals surface area contributed by atoms with Gasteiger partial charge in [0.05, 0.1) is 17.4 Å². The highest BCUT2D eigenvalue weighted by atomic mass is 19.2. The Morgan fingerprint density at radius 1 is 0.953 bits per heavy atom.